The molecule has 1 aromatic heterocycles. The molecular weight excluding hydrogens is 342 g/mol. The zero-order valence-corrected chi connectivity index (χ0v) is 15.1. The molecule has 1 saturated heterocycles. The van der Waals surface area contributed by atoms with Gasteiger partial charge in [0.15, 0.2) is 5.78 Å². The van der Waals surface area contributed by atoms with Gasteiger partial charge in [0.2, 0.25) is 10.0 Å². The molecule has 1 aromatic carbocycles. The first-order chi connectivity index (χ1) is 11.6. The molecule has 128 valence electrons. The van der Waals surface area contributed by atoms with E-state index in [-0.39, 0.29) is 17.5 Å². The molecule has 0 amide bonds. The van der Waals surface area contributed by atoms with Gasteiger partial charge in [0.1, 0.15) is 0 Å². The van der Waals surface area contributed by atoms with E-state index in [0.717, 1.165) is 10.4 Å². The molecular formula is C18H21NO3S2. The molecule has 0 unspecified atom stereocenters. The molecule has 24 heavy (non-hydrogen) atoms. The smallest absolute Gasteiger partial charge is 0.214 e. The van der Waals surface area contributed by atoms with Crippen LogP contribution in [-0.2, 0) is 16.4 Å². The molecule has 1 fully saturated rings. The van der Waals surface area contributed by atoms with E-state index >= 15 is 0 Å². The van der Waals surface area contributed by atoms with E-state index in [1.807, 2.05) is 47.8 Å². The molecule has 0 radical (unpaired) electrons. The number of piperidine rings is 1. The first-order valence-electron chi connectivity index (χ1n) is 8.16. The number of carbonyl (C=O) groups excluding carboxylic acids is 1. The summed E-state index contributed by atoms with van der Waals surface area (Å²) in [4.78, 5) is 13.1. The van der Waals surface area contributed by atoms with Gasteiger partial charge < -0.3 is 0 Å². The Balaban J connectivity index is 1.54. The lowest BCUT2D eigenvalue weighted by molar-refractivity contribution is 0.0879. The molecule has 1 aliphatic heterocycles. The van der Waals surface area contributed by atoms with Crippen LogP contribution in [0.1, 0.15) is 28.1 Å². The van der Waals surface area contributed by atoms with Crippen molar-refractivity contribution in [1.82, 2.24) is 4.31 Å². The molecule has 0 bridgehead atoms. The molecule has 2 aromatic rings. The van der Waals surface area contributed by atoms with Crippen LogP contribution in [0.2, 0.25) is 0 Å². The minimum atomic E-state index is -3.26. The van der Waals surface area contributed by atoms with Gasteiger partial charge in [0.05, 0.1) is 10.6 Å². The third kappa shape index (κ3) is 4.12. The minimum Gasteiger partial charge on any atom is -0.293 e. The van der Waals surface area contributed by atoms with Crippen LogP contribution in [0.15, 0.2) is 47.8 Å². The first-order valence-corrected chi connectivity index (χ1v) is 10.6. The Bertz CT molecular complexity index is 762. The first kappa shape index (κ1) is 17.3. The highest BCUT2D eigenvalue weighted by Gasteiger charge is 2.31. The highest BCUT2D eigenvalue weighted by molar-refractivity contribution is 7.89. The van der Waals surface area contributed by atoms with Crippen LogP contribution in [0.5, 0.6) is 0 Å². The van der Waals surface area contributed by atoms with E-state index in [4.69, 9.17) is 0 Å². The lowest BCUT2D eigenvalue weighted by Gasteiger charge is -2.30. The third-order valence-corrected chi connectivity index (χ3v) is 7.23. The summed E-state index contributed by atoms with van der Waals surface area (Å²) >= 11 is 1.46. The van der Waals surface area contributed by atoms with E-state index in [1.54, 1.807) is 4.31 Å². The van der Waals surface area contributed by atoms with Gasteiger partial charge in [-0.25, -0.2) is 12.7 Å². The standard InChI is InChI=1S/C18H21NO3S2/c20-18(17-7-4-13-23-17)16-8-11-19(12-9-16)24(21,22)14-10-15-5-2-1-3-6-15/h1-7,13,16H,8-12,14H2. The number of Topliss-reactive ketones (excluding diaryl/α,β-unsaturated/α-hetero) is 1. The van der Waals surface area contributed by atoms with E-state index in [2.05, 4.69) is 0 Å². The maximum atomic E-state index is 12.5. The van der Waals surface area contributed by atoms with Crippen LogP contribution in [0.25, 0.3) is 0 Å². The van der Waals surface area contributed by atoms with Crippen molar-refractivity contribution in [2.24, 2.45) is 5.92 Å². The van der Waals surface area contributed by atoms with Gasteiger partial charge in [-0.2, -0.15) is 0 Å². The Morgan fingerprint density at radius 1 is 1.08 bits per heavy atom. The Labute approximate surface area is 147 Å². The molecule has 4 nitrogen and oxygen atoms in total. The number of benzene rings is 1. The number of sulfonamides is 1. The number of ketones is 1. The Kier molecular flexibility index (Phi) is 5.48. The van der Waals surface area contributed by atoms with Gasteiger partial charge in [-0.05, 0) is 36.3 Å². The summed E-state index contributed by atoms with van der Waals surface area (Å²) in [7, 11) is -3.26. The van der Waals surface area contributed by atoms with Gasteiger partial charge >= 0.3 is 0 Å². The van der Waals surface area contributed by atoms with Gasteiger partial charge in [0.25, 0.3) is 0 Å². The van der Waals surface area contributed by atoms with Gasteiger partial charge in [-0.3, -0.25) is 4.79 Å². The van der Waals surface area contributed by atoms with Crippen molar-refractivity contribution >= 4 is 27.1 Å². The minimum absolute atomic E-state index is 0.0516. The average molecular weight is 364 g/mol. The average Bonchev–Trinajstić information content (AvgIpc) is 3.15. The predicted octanol–water partition coefficient (Wildman–Crippen LogP) is 3.22. The molecule has 0 N–H and O–H groups in total. The fraction of sp³-hybridized carbons (Fsp3) is 0.389. The largest absolute Gasteiger partial charge is 0.293 e. The molecule has 6 heteroatoms. The number of hydrogen-bond acceptors (Lipinski definition) is 4. The van der Waals surface area contributed by atoms with E-state index in [0.29, 0.717) is 32.4 Å². The molecule has 1 aliphatic rings. The second-order valence-electron chi connectivity index (χ2n) is 6.07. The Hall–Kier alpha value is -1.50. The van der Waals surface area contributed by atoms with Crippen molar-refractivity contribution in [3.05, 3.63) is 58.3 Å². The second-order valence-corrected chi connectivity index (χ2v) is 9.10. The van der Waals surface area contributed by atoms with E-state index in [9.17, 15) is 13.2 Å². The third-order valence-electron chi connectivity index (χ3n) is 4.47. The molecule has 0 atom stereocenters. The lowest BCUT2D eigenvalue weighted by atomic mass is 9.93. The van der Waals surface area contributed by atoms with E-state index in [1.165, 1.54) is 11.3 Å². The molecule has 0 aliphatic carbocycles. The van der Waals surface area contributed by atoms with Gasteiger partial charge in [-0.1, -0.05) is 36.4 Å². The fourth-order valence-corrected chi connectivity index (χ4v) is 5.30. The number of rotatable bonds is 6. The van der Waals surface area contributed by atoms with Crippen LogP contribution in [0.3, 0.4) is 0 Å². The van der Waals surface area contributed by atoms with Crippen molar-refractivity contribution < 1.29 is 13.2 Å². The molecule has 2 heterocycles. The summed E-state index contributed by atoms with van der Waals surface area (Å²) in [5.41, 5.74) is 1.03. The number of carbonyl (C=O) groups is 1. The maximum Gasteiger partial charge on any atom is 0.214 e. The summed E-state index contributed by atoms with van der Waals surface area (Å²) in [6.07, 6.45) is 1.75. The van der Waals surface area contributed by atoms with Crippen LogP contribution < -0.4 is 0 Å². The number of thiophene rings is 1. The van der Waals surface area contributed by atoms with E-state index < -0.39 is 10.0 Å². The summed E-state index contributed by atoms with van der Waals surface area (Å²) in [5, 5.41) is 1.90. The normalized spacial score (nSPS) is 17.0. The van der Waals surface area contributed by atoms with Crippen LogP contribution in [0, 0.1) is 5.92 Å². The van der Waals surface area contributed by atoms with Crippen molar-refractivity contribution in [3.63, 3.8) is 0 Å². The van der Waals surface area contributed by atoms with Crippen molar-refractivity contribution in [3.8, 4) is 0 Å². The molecule has 0 spiro atoms. The van der Waals surface area contributed by atoms with Crippen molar-refractivity contribution in [2.75, 3.05) is 18.8 Å². The number of aryl methyl sites for hydroxylation is 1. The SMILES string of the molecule is O=C(c1cccs1)C1CCN(S(=O)(=O)CCc2ccccc2)CC1. The van der Waals surface area contributed by atoms with Crippen LogP contribution >= 0.6 is 11.3 Å². The predicted molar refractivity (Wildman–Crippen MR) is 96.9 cm³/mol. The zero-order chi connectivity index (χ0) is 17.0. The number of hydrogen-bond donors (Lipinski definition) is 0. The highest BCUT2D eigenvalue weighted by atomic mass is 32.2. The highest BCUT2D eigenvalue weighted by Crippen LogP contribution is 2.25. The summed E-state index contributed by atoms with van der Waals surface area (Å²) < 4.78 is 26.6. The molecule has 0 saturated carbocycles. The lowest BCUT2D eigenvalue weighted by Crippen LogP contribution is -2.41. The van der Waals surface area contributed by atoms with Gasteiger partial charge in [0, 0.05) is 19.0 Å². The summed E-state index contributed by atoms with van der Waals surface area (Å²) in [6, 6.07) is 13.4. The Morgan fingerprint density at radius 3 is 2.42 bits per heavy atom. The van der Waals surface area contributed by atoms with Crippen molar-refractivity contribution in [2.45, 2.75) is 19.3 Å². The topological polar surface area (TPSA) is 54.5 Å². The molecule has 3 rings (SSSR count). The van der Waals surface area contributed by atoms with Gasteiger partial charge in [-0.15, -0.1) is 11.3 Å². The zero-order valence-electron chi connectivity index (χ0n) is 13.4. The fourth-order valence-electron chi connectivity index (χ4n) is 3.04. The van der Waals surface area contributed by atoms with Crippen LogP contribution in [-0.4, -0.2) is 37.3 Å². The second kappa shape index (κ2) is 7.59. The number of nitrogens with zero attached hydrogens (tertiary/aromatic N) is 1. The van der Waals surface area contributed by atoms with Crippen LogP contribution in [0.4, 0.5) is 0 Å². The monoisotopic (exact) mass is 363 g/mol. The summed E-state index contributed by atoms with van der Waals surface area (Å²) in [5.74, 6) is 0.233. The quantitative estimate of drug-likeness (QED) is 0.741. The maximum absolute atomic E-state index is 12.5. The summed E-state index contributed by atoms with van der Waals surface area (Å²) in [6.45, 7) is 0.887. The Morgan fingerprint density at radius 2 is 1.79 bits per heavy atom. The van der Waals surface area contributed by atoms with Crippen molar-refractivity contribution in [1.29, 1.82) is 0 Å².